The van der Waals surface area contributed by atoms with Crippen molar-refractivity contribution in [3.05, 3.63) is 24.3 Å². The molecule has 1 aromatic carbocycles. The minimum atomic E-state index is -3.48. The Hall–Kier alpha value is -1.05. The zero-order valence-corrected chi connectivity index (χ0v) is 14.0. The zero-order valence-electron chi connectivity index (χ0n) is 12.4. The molecule has 0 amide bonds. The molecule has 0 spiro atoms. The highest BCUT2D eigenvalue weighted by molar-refractivity contribution is 8.00. The monoisotopic (exact) mass is 331 g/mol. The van der Waals surface area contributed by atoms with Gasteiger partial charge >= 0.3 is 5.97 Å². The topological polar surface area (TPSA) is 83.5 Å². The van der Waals surface area contributed by atoms with Gasteiger partial charge in [-0.3, -0.25) is 4.79 Å². The lowest BCUT2D eigenvalue weighted by Crippen LogP contribution is -2.24. The first-order valence-corrected chi connectivity index (χ1v) is 9.13. The van der Waals surface area contributed by atoms with Gasteiger partial charge in [-0.2, -0.15) is 0 Å². The summed E-state index contributed by atoms with van der Waals surface area (Å²) in [4.78, 5) is 12.1. The molecule has 1 rings (SSSR count). The van der Waals surface area contributed by atoms with Gasteiger partial charge in [-0.05, 0) is 36.6 Å². The average molecular weight is 331 g/mol. The maximum Gasteiger partial charge on any atom is 0.317 e. The number of sulfonamides is 1. The van der Waals surface area contributed by atoms with Crippen LogP contribution in [0.1, 0.15) is 27.2 Å². The van der Waals surface area contributed by atoms with E-state index in [1.54, 1.807) is 12.1 Å². The van der Waals surface area contributed by atoms with E-state index in [1.165, 1.54) is 23.9 Å². The quantitative estimate of drug-likeness (QED) is 0.715. The first-order valence-electron chi connectivity index (χ1n) is 6.77. The second-order valence-electron chi connectivity index (χ2n) is 4.99. The van der Waals surface area contributed by atoms with Crippen molar-refractivity contribution >= 4 is 27.8 Å². The van der Waals surface area contributed by atoms with Gasteiger partial charge in [0.15, 0.2) is 0 Å². The molecule has 0 fully saturated rings. The molecule has 0 aliphatic heterocycles. The highest BCUT2D eigenvalue weighted by Crippen LogP contribution is 2.29. The molecule has 0 radical (unpaired) electrons. The Balaban J connectivity index is 2.85. The summed E-state index contributed by atoms with van der Waals surface area (Å²) in [6.07, 6.45) is 0.724. The van der Waals surface area contributed by atoms with Crippen molar-refractivity contribution in [2.24, 2.45) is 5.92 Å². The summed E-state index contributed by atoms with van der Waals surface area (Å²) in [5.74, 6) is -0.876. The number of hydrogen-bond donors (Lipinski definition) is 2. The standard InChI is InChI=1S/C14H21NO4S2/c1-4-9-15-21(18,19)12-7-5-11(6-8-12)20-13(10(2)3)14(16)17/h5-8,10,13,15H,4,9H2,1-3H3,(H,16,17). The molecule has 0 bridgehead atoms. The van der Waals surface area contributed by atoms with E-state index in [4.69, 9.17) is 5.11 Å². The Kier molecular flexibility index (Phi) is 6.70. The SMILES string of the molecule is CCCNS(=O)(=O)c1ccc(SC(C(=O)O)C(C)C)cc1. The lowest BCUT2D eigenvalue weighted by Gasteiger charge is -2.15. The van der Waals surface area contributed by atoms with Gasteiger partial charge in [-0.1, -0.05) is 20.8 Å². The van der Waals surface area contributed by atoms with Gasteiger partial charge in [-0.15, -0.1) is 11.8 Å². The minimum Gasteiger partial charge on any atom is -0.480 e. The first kappa shape index (κ1) is 18.0. The molecule has 7 heteroatoms. The van der Waals surface area contributed by atoms with Crippen LogP contribution in [0.4, 0.5) is 0 Å². The number of carbonyl (C=O) groups is 1. The predicted molar refractivity (Wildman–Crippen MR) is 84.0 cm³/mol. The average Bonchev–Trinajstić information content (AvgIpc) is 2.42. The molecule has 0 aliphatic rings. The lowest BCUT2D eigenvalue weighted by molar-refractivity contribution is -0.137. The fraction of sp³-hybridized carbons (Fsp3) is 0.500. The number of rotatable bonds is 8. The Morgan fingerprint density at radius 1 is 1.29 bits per heavy atom. The van der Waals surface area contributed by atoms with Gasteiger partial charge in [0.25, 0.3) is 0 Å². The van der Waals surface area contributed by atoms with E-state index in [1.807, 2.05) is 20.8 Å². The fourth-order valence-electron chi connectivity index (χ4n) is 1.64. The molecule has 0 heterocycles. The Morgan fingerprint density at radius 2 is 1.86 bits per heavy atom. The summed E-state index contributed by atoms with van der Waals surface area (Å²) in [7, 11) is -3.48. The Morgan fingerprint density at radius 3 is 2.29 bits per heavy atom. The number of hydrogen-bond acceptors (Lipinski definition) is 4. The van der Waals surface area contributed by atoms with Gasteiger partial charge < -0.3 is 5.11 Å². The van der Waals surface area contributed by atoms with Gasteiger partial charge in [0.05, 0.1) is 4.90 Å². The van der Waals surface area contributed by atoms with Gasteiger partial charge in [-0.25, -0.2) is 13.1 Å². The number of carboxylic acid groups (broad SMARTS) is 1. The van der Waals surface area contributed by atoms with Crippen LogP contribution in [-0.4, -0.2) is 31.3 Å². The van der Waals surface area contributed by atoms with Crippen LogP contribution in [0.3, 0.4) is 0 Å². The summed E-state index contributed by atoms with van der Waals surface area (Å²) >= 11 is 1.23. The smallest absolute Gasteiger partial charge is 0.317 e. The van der Waals surface area contributed by atoms with Crippen molar-refractivity contribution < 1.29 is 18.3 Å². The maximum absolute atomic E-state index is 11.9. The summed E-state index contributed by atoms with van der Waals surface area (Å²) in [5, 5.41) is 8.61. The number of thioether (sulfide) groups is 1. The fourth-order valence-corrected chi connectivity index (χ4v) is 3.73. The second kappa shape index (κ2) is 7.82. The van der Waals surface area contributed by atoms with Crippen LogP contribution in [0.2, 0.25) is 0 Å². The molecule has 1 atom stereocenters. The van der Waals surface area contributed by atoms with Crippen molar-refractivity contribution in [2.45, 2.75) is 42.2 Å². The predicted octanol–water partition coefficient (Wildman–Crippen LogP) is 2.58. The number of carboxylic acids is 1. The van der Waals surface area contributed by atoms with Crippen molar-refractivity contribution in [2.75, 3.05) is 6.54 Å². The molecule has 0 aliphatic carbocycles. The van der Waals surface area contributed by atoms with Gasteiger partial charge in [0.2, 0.25) is 10.0 Å². The van der Waals surface area contributed by atoms with E-state index in [2.05, 4.69) is 4.72 Å². The molecular weight excluding hydrogens is 310 g/mol. The van der Waals surface area contributed by atoms with E-state index < -0.39 is 21.2 Å². The molecular formula is C14H21NO4S2. The van der Waals surface area contributed by atoms with Crippen LogP contribution in [0.5, 0.6) is 0 Å². The maximum atomic E-state index is 11.9. The first-order chi connectivity index (χ1) is 9.77. The van der Waals surface area contributed by atoms with E-state index in [0.717, 1.165) is 11.3 Å². The van der Waals surface area contributed by atoms with Gasteiger partial charge in [0.1, 0.15) is 5.25 Å². The number of benzene rings is 1. The summed E-state index contributed by atoms with van der Waals surface area (Å²) in [5.41, 5.74) is 0. The number of aliphatic carboxylic acids is 1. The zero-order chi connectivity index (χ0) is 16.0. The minimum absolute atomic E-state index is 0.0119. The van der Waals surface area contributed by atoms with E-state index in [9.17, 15) is 13.2 Å². The van der Waals surface area contributed by atoms with Crippen LogP contribution in [0.15, 0.2) is 34.1 Å². The molecule has 5 nitrogen and oxygen atoms in total. The van der Waals surface area contributed by atoms with Crippen molar-refractivity contribution in [3.8, 4) is 0 Å². The summed E-state index contributed by atoms with van der Waals surface area (Å²) < 4.78 is 26.4. The third-order valence-corrected chi connectivity index (χ3v) is 5.81. The summed E-state index contributed by atoms with van der Waals surface area (Å²) in [6, 6.07) is 6.28. The van der Waals surface area contributed by atoms with Crippen molar-refractivity contribution in [1.82, 2.24) is 4.72 Å². The molecule has 2 N–H and O–H groups in total. The lowest BCUT2D eigenvalue weighted by atomic mass is 10.1. The molecule has 1 aromatic rings. The third-order valence-electron chi connectivity index (χ3n) is 2.79. The van der Waals surface area contributed by atoms with E-state index in [0.29, 0.717) is 6.54 Å². The molecule has 21 heavy (non-hydrogen) atoms. The third kappa shape index (κ3) is 5.33. The highest BCUT2D eigenvalue weighted by Gasteiger charge is 2.23. The van der Waals surface area contributed by atoms with Crippen LogP contribution in [0.25, 0.3) is 0 Å². The largest absolute Gasteiger partial charge is 0.480 e. The second-order valence-corrected chi connectivity index (χ2v) is 7.97. The molecule has 0 saturated carbocycles. The van der Waals surface area contributed by atoms with Crippen molar-refractivity contribution in [3.63, 3.8) is 0 Å². The summed E-state index contributed by atoms with van der Waals surface area (Å²) in [6.45, 7) is 5.98. The van der Waals surface area contributed by atoms with Gasteiger partial charge in [0, 0.05) is 11.4 Å². The Bertz CT molecular complexity index is 567. The molecule has 0 saturated heterocycles. The molecule has 0 aromatic heterocycles. The van der Waals surface area contributed by atoms with E-state index in [-0.39, 0.29) is 10.8 Å². The van der Waals surface area contributed by atoms with Crippen LogP contribution in [0, 0.1) is 5.92 Å². The van der Waals surface area contributed by atoms with Crippen LogP contribution >= 0.6 is 11.8 Å². The van der Waals surface area contributed by atoms with Crippen molar-refractivity contribution in [1.29, 1.82) is 0 Å². The van der Waals surface area contributed by atoms with E-state index >= 15 is 0 Å². The highest BCUT2D eigenvalue weighted by atomic mass is 32.2. The Labute approximate surface area is 130 Å². The number of nitrogens with one attached hydrogen (secondary N) is 1. The molecule has 1 unspecified atom stereocenters. The van der Waals surface area contributed by atoms with Crippen LogP contribution < -0.4 is 4.72 Å². The normalized spacial score (nSPS) is 13.3. The van der Waals surface area contributed by atoms with Crippen LogP contribution in [-0.2, 0) is 14.8 Å². The molecule has 118 valence electrons.